The van der Waals surface area contributed by atoms with E-state index in [4.69, 9.17) is 0 Å². The molecule has 13 heavy (non-hydrogen) atoms. The maximum Gasteiger partial charge on any atom is 0.0987 e. The van der Waals surface area contributed by atoms with Gasteiger partial charge in [-0.25, -0.2) is 4.20 Å². The zero-order valence-corrected chi connectivity index (χ0v) is 9.55. The summed E-state index contributed by atoms with van der Waals surface area (Å²) in [5.74, 6) is 0. The van der Waals surface area contributed by atoms with E-state index < -0.39 is 8.89 Å². The van der Waals surface area contributed by atoms with Gasteiger partial charge < -0.3 is 5.32 Å². The smallest absolute Gasteiger partial charge is 0.0987 e. The summed E-state index contributed by atoms with van der Waals surface area (Å²) in [5.41, 5.74) is 2.71. The molecule has 0 radical (unpaired) electrons. The summed E-state index contributed by atoms with van der Waals surface area (Å²) in [4.78, 5) is 0. The quantitative estimate of drug-likeness (QED) is 0.764. The third-order valence-corrected chi connectivity index (χ3v) is 2.54. The first-order valence-corrected chi connectivity index (χ1v) is 5.27. The number of halogens is 1. The van der Waals surface area contributed by atoms with Crippen molar-refractivity contribution in [3.8, 4) is 0 Å². The molecule has 0 fully saturated rings. The van der Waals surface area contributed by atoms with Crippen LogP contribution in [0.2, 0.25) is 0 Å². The second-order valence-corrected chi connectivity index (χ2v) is 4.20. The molecule has 1 N–H and O–H groups in total. The first kappa shape index (κ1) is 10.6. The van der Waals surface area contributed by atoms with E-state index in [9.17, 15) is 4.20 Å². The van der Waals surface area contributed by atoms with Crippen molar-refractivity contribution in [2.24, 2.45) is 0 Å². The highest BCUT2D eigenvalue weighted by Gasteiger charge is 1.99. The molecule has 0 saturated carbocycles. The fourth-order valence-corrected chi connectivity index (χ4v) is 1.57. The van der Waals surface area contributed by atoms with Crippen LogP contribution in [0.3, 0.4) is 0 Å². The number of anilines is 1. The van der Waals surface area contributed by atoms with Gasteiger partial charge in [-0.3, -0.25) is 0 Å². The molecule has 0 saturated heterocycles. The summed E-state index contributed by atoms with van der Waals surface area (Å²) in [6.45, 7) is 5.60. The number of benzene rings is 1. The van der Waals surface area contributed by atoms with E-state index in [0.717, 1.165) is 22.0 Å². The van der Waals surface area contributed by atoms with Crippen LogP contribution in [0.4, 0.5) is 9.88 Å². The third kappa shape index (κ3) is 3.06. The molecule has 0 aromatic heterocycles. The van der Waals surface area contributed by atoms with Gasteiger partial charge in [-0.2, -0.15) is 0 Å². The Morgan fingerprint density at radius 3 is 2.77 bits per heavy atom. The largest absolute Gasteiger partial charge is 0.356 e. The topological polar surface area (TPSA) is 12.0 Å². The molecule has 0 aliphatic carbocycles. The van der Waals surface area contributed by atoms with E-state index in [1.165, 1.54) is 0 Å². The van der Waals surface area contributed by atoms with Crippen molar-refractivity contribution in [1.29, 1.82) is 0 Å². The molecule has 2 atom stereocenters. The van der Waals surface area contributed by atoms with Gasteiger partial charge in [-0.05, 0) is 30.7 Å². The molecule has 70 valence electrons. The van der Waals surface area contributed by atoms with Crippen molar-refractivity contribution in [3.05, 3.63) is 35.8 Å². The highest BCUT2D eigenvalue weighted by molar-refractivity contribution is 7.41. The van der Waals surface area contributed by atoms with E-state index in [-0.39, 0.29) is 0 Å². The van der Waals surface area contributed by atoms with Crippen LogP contribution in [0.15, 0.2) is 30.2 Å². The van der Waals surface area contributed by atoms with E-state index in [1.807, 2.05) is 19.1 Å². The van der Waals surface area contributed by atoms with Gasteiger partial charge in [-0.1, -0.05) is 15.8 Å². The minimum Gasteiger partial charge on any atom is -0.356 e. The van der Waals surface area contributed by atoms with Crippen molar-refractivity contribution in [2.75, 3.05) is 5.32 Å². The molecule has 0 amide bonds. The lowest BCUT2D eigenvalue weighted by Crippen LogP contribution is -2.00. The maximum atomic E-state index is 12.4. The Morgan fingerprint density at radius 1 is 1.62 bits per heavy atom. The molecule has 1 nitrogen and oxygen atoms in total. The summed E-state index contributed by atoms with van der Waals surface area (Å²) in [7, 11) is 1.83. The molecule has 1 rings (SSSR count). The van der Waals surface area contributed by atoms with Gasteiger partial charge in [0.2, 0.25) is 0 Å². The standard InChI is InChI=1S/C9H12FNP2/c1-6-5-8(11-7(2)12)3-4-9(6)13-10/h3-5,11,13H,2,12H2,1H3. The summed E-state index contributed by atoms with van der Waals surface area (Å²) in [6.07, 6.45) is 0. The third-order valence-electron chi connectivity index (χ3n) is 1.63. The molecule has 0 bridgehead atoms. The van der Waals surface area contributed by atoms with Crippen LogP contribution in [0.5, 0.6) is 0 Å². The van der Waals surface area contributed by atoms with Gasteiger partial charge in [0.05, 0.1) is 8.89 Å². The molecule has 2 unspecified atom stereocenters. The average Bonchev–Trinajstić information content (AvgIpc) is 2.03. The zero-order valence-electron chi connectivity index (χ0n) is 7.39. The molecule has 0 heterocycles. The number of rotatable bonds is 3. The van der Waals surface area contributed by atoms with Crippen molar-refractivity contribution >= 4 is 29.1 Å². The van der Waals surface area contributed by atoms with E-state index in [0.29, 0.717) is 0 Å². The summed E-state index contributed by atoms with van der Waals surface area (Å²) < 4.78 is 12.4. The van der Waals surface area contributed by atoms with Crippen LogP contribution in [0, 0.1) is 6.92 Å². The van der Waals surface area contributed by atoms with Crippen molar-refractivity contribution < 1.29 is 4.20 Å². The van der Waals surface area contributed by atoms with Crippen molar-refractivity contribution in [3.63, 3.8) is 0 Å². The van der Waals surface area contributed by atoms with Gasteiger partial charge in [0, 0.05) is 16.4 Å². The van der Waals surface area contributed by atoms with Crippen molar-refractivity contribution in [2.45, 2.75) is 6.92 Å². The fourth-order valence-electron chi connectivity index (χ4n) is 1.03. The predicted molar refractivity (Wildman–Crippen MR) is 62.7 cm³/mol. The van der Waals surface area contributed by atoms with Crippen LogP contribution < -0.4 is 10.6 Å². The summed E-state index contributed by atoms with van der Waals surface area (Å²) in [5, 5.41) is 3.81. The van der Waals surface area contributed by atoms with E-state index in [2.05, 4.69) is 21.1 Å². The number of hydrogen-bond acceptors (Lipinski definition) is 1. The molecule has 1 aromatic carbocycles. The average molecular weight is 215 g/mol. The van der Waals surface area contributed by atoms with Crippen LogP contribution in [0.1, 0.15) is 5.56 Å². The first-order valence-electron chi connectivity index (χ1n) is 3.82. The minimum absolute atomic E-state index is 0.634. The Bertz CT molecular complexity index is 325. The monoisotopic (exact) mass is 215 g/mol. The van der Waals surface area contributed by atoms with Gasteiger partial charge >= 0.3 is 0 Å². The predicted octanol–water partition coefficient (Wildman–Crippen LogP) is 2.94. The zero-order chi connectivity index (χ0) is 9.84. The van der Waals surface area contributed by atoms with Crippen LogP contribution in [0.25, 0.3) is 0 Å². The molecule has 4 heteroatoms. The van der Waals surface area contributed by atoms with Crippen LogP contribution in [-0.4, -0.2) is 0 Å². The second-order valence-electron chi connectivity index (χ2n) is 2.77. The van der Waals surface area contributed by atoms with Crippen LogP contribution in [-0.2, 0) is 0 Å². The Morgan fingerprint density at radius 2 is 2.31 bits per heavy atom. The van der Waals surface area contributed by atoms with Gasteiger partial charge in [-0.15, -0.1) is 0 Å². The molecule has 1 aromatic rings. The molecular formula is C9H12FNP2. The highest BCUT2D eigenvalue weighted by Crippen LogP contribution is 2.19. The Hall–Kier alpha value is -0.450. The molecule has 0 aliphatic heterocycles. The Kier molecular flexibility index (Phi) is 3.84. The number of hydrogen-bond donors (Lipinski definition) is 1. The van der Waals surface area contributed by atoms with Crippen LogP contribution >= 0.6 is 18.1 Å². The lowest BCUT2D eigenvalue weighted by atomic mass is 10.2. The lowest BCUT2D eigenvalue weighted by molar-refractivity contribution is 0.929. The fraction of sp³-hybridized carbons (Fsp3) is 0.111. The summed E-state index contributed by atoms with van der Waals surface area (Å²) >= 11 is 0. The minimum atomic E-state index is -0.634. The highest BCUT2D eigenvalue weighted by atomic mass is 31.1. The Labute approximate surface area is 81.9 Å². The molecule has 0 spiro atoms. The number of aryl methyl sites for hydroxylation is 1. The SMILES string of the molecule is C=C(P)Nc1ccc(PF)c(C)c1. The molecular weight excluding hydrogens is 203 g/mol. The Balaban J connectivity index is 2.89. The number of nitrogens with one attached hydrogen (secondary N) is 1. The van der Waals surface area contributed by atoms with Gasteiger partial charge in [0.15, 0.2) is 0 Å². The normalized spacial score (nSPS) is 10.7. The molecule has 0 aliphatic rings. The summed E-state index contributed by atoms with van der Waals surface area (Å²) in [6, 6.07) is 5.56. The van der Waals surface area contributed by atoms with E-state index >= 15 is 0 Å². The lowest BCUT2D eigenvalue weighted by Gasteiger charge is -2.07. The maximum absolute atomic E-state index is 12.4. The van der Waals surface area contributed by atoms with Crippen molar-refractivity contribution in [1.82, 2.24) is 0 Å². The second kappa shape index (κ2) is 4.69. The van der Waals surface area contributed by atoms with Gasteiger partial charge in [0.1, 0.15) is 0 Å². The first-order chi connectivity index (χ1) is 6.13. The van der Waals surface area contributed by atoms with E-state index in [1.54, 1.807) is 6.07 Å². The van der Waals surface area contributed by atoms with Gasteiger partial charge in [0.25, 0.3) is 0 Å².